The van der Waals surface area contributed by atoms with Crippen molar-refractivity contribution in [1.29, 1.82) is 0 Å². The molecule has 0 aromatic carbocycles. The third kappa shape index (κ3) is 1.70. The average Bonchev–Trinajstić information content (AvgIpc) is 2.14. The van der Waals surface area contributed by atoms with Crippen molar-refractivity contribution < 1.29 is 13.6 Å². The Hall–Kier alpha value is -0.0100. The van der Waals surface area contributed by atoms with Crippen LogP contribution in [0.2, 0.25) is 0 Å². The first kappa shape index (κ1) is 7.10. The minimum absolute atomic E-state index is 0.138. The van der Waals surface area contributed by atoms with Crippen molar-refractivity contribution in [3.05, 3.63) is 0 Å². The van der Waals surface area contributed by atoms with Gasteiger partial charge in [0.15, 0.2) is 0 Å². The van der Waals surface area contributed by atoms with Crippen LogP contribution in [0.25, 0.3) is 0 Å². The lowest BCUT2D eigenvalue weighted by atomic mass is 10.4. The second kappa shape index (κ2) is 2.72. The molecule has 1 heterocycles. The Kier molecular flexibility index (Phi) is 2.14. The van der Waals surface area contributed by atoms with E-state index in [2.05, 4.69) is 4.84 Å². The van der Waals surface area contributed by atoms with Crippen LogP contribution in [-0.4, -0.2) is 32.4 Å². The Balaban J connectivity index is 2.39. The average molecular weight is 152 g/mol. The molecule has 0 aromatic heterocycles. The van der Waals surface area contributed by atoms with E-state index in [0.717, 1.165) is 4.47 Å². The highest BCUT2D eigenvalue weighted by atomic mass is 32.2. The van der Waals surface area contributed by atoms with E-state index >= 15 is 0 Å². The summed E-state index contributed by atoms with van der Waals surface area (Å²) in [5.41, 5.74) is 5.35. The SMILES string of the molecule is NC1CON(S(=O)O)C1. The van der Waals surface area contributed by atoms with Gasteiger partial charge in [-0.2, -0.15) is 0 Å². The highest BCUT2D eigenvalue weighted by Crippen LogP contribution is 2.04. The zero-order valence-corrected chi connectivity index (χ0v) is 5.50. The van der Waals surface area contributed by atoms with E-state index in [-0.39, 0.29) is 6.04 Å². The van der Waals surface area contributed by atoms with E-state index in [4.69, 9.17) is 10.3 Å². The summed E-state index contributed by atoms with van der Waals surface area (Å²) in [5, 5.41) is 0. The van der Waals surface area contributed by atoms with Crippen LogP contribution < -0.4 is 5.73 Å². The molecule has 5 nitrogen and oxygen atoms in total. The summed E-state index contributed by atoms with van der Waals surface area (Å²) >= 11 is -2.03. The number of hydrogen-bond donors (Lipinski definition) is 2. The zero-order chi connectivity index (χ0) is 6.85. The lowest BCUT2D eigenvalue weighted by Crippen LogP contribution is -2.28. The Bertz CT molecular complexity index is 130. The molecule has 0 bridgehead atoms. The molecule has 0 aromatic rings. The first-order valence-electron chi connectivity index (χ1n) is 2.47. The van der Waals surface area contributed by atoms with Gasteiger partial charge in [0, 0.05) is 6.04 Å². The highest BCUT2D eigenvalue weighted by Gasteiger charge is 2.23. The Morgan fingerprint density at radius 3 is 2.78 bits per heavy atom. The molecule has 2 unspecified atom stereocenters. The molecule has 0 radical (unpaired) electrons. The van der Waals surface area contributed by atoms with Gasteiger partial charge in [0.25, 0.3) is 11.3 Å². The molecule has 9 heavy (non-hydrogen) atoms. The zero-order valence-electron chi connectivity index (χ0n) is 4.69. The topological polar surface area (TPSA) is 75.8 Å². The molecule has 54 valence electrons. The summed E-state index contributed by atoms with van der Waals surface area (Å²) in [4.78, 5) is 4.68. The van der Waals surface area contributed by atoms with E-state index in [1.165, 1.54) is 0 Å². The van der Waals surface area contributed by atoms with Crippen LogP contribution in [-0.2, 0) is 16.1 Å². The summed E-state index contributed by atoms with van der Waals surface area (Å²) in [6, 6.07) is -0.138. The smallest absolute Gasteiger partial charge is 0.259 e. The number of rotatable bonds is 1. The molecular formula is C3H8N2O3S. The molecule has 1 saturated heterocycles. The largest absolute Gasteiger partial charge is 0.324 e. The fourth-order valence-electron chi connectivity index (χ4n) is 0.585. The van der Waals surface area contributed by atoms with Crippen molar-refractivity contribution in [3.8, 4) is 0 Å². The summed E-state index contributed by atoms with van der Waals surface area (Å²) < 4.78 is 19.5. The van der Waals surface area contributed by atoms with Gasteiger partial charge in [-0.1, -0.05) is 4.47 Å². The van der Waals surface area contributed by atoms with Gasteiger partial charge in [0.05, 0.1) is 13.2 Å². The quantitative estimate of drug-likeness (QED) is 0.458. The van der Waals surface area contributed by atoms with Gasteiger partial charge in [-0.25, -0.2) is 4.21 Å². The molecule has 0 spiro atoms. The van der Waals surface area contributed by atoms with Gasteiger partial charge in [-0.15, -0.1) is 0 Å². The number of hydroxylamine groups is 1. The van der Waals surface area contributed by atoms with Crippen LogP contribution in [0.4, 0.5) is 0 Å². The van der Waals surface area contributed by atoms with Crippen molar-refractivity contribution in [2.24, 2.45) is 5.73 Å². The molecule has 0 saturated carbocycles. The van der Waals surface area contributed by atoms with Crippen LogP contribution in [0.5, 0.6) is 0 Å². The van der Waals surface area contributed by atoms with Crippen LogP contribution >= 0.6 is 0 Å². The molecule has 2 atom stereocenters. The van der Waals surface area contributed by atoms with Crippen molar-refractivity contribution in [3.63, 3.8) is 0 Å². The molecule has 1 fully saturated rings. The van der Waals surface area contributed by atoms with Gasteiger partial charge >= 0.3 is 0 Å². The molecule has 1 aliphatic heterocycles. The van der Waals surface area contributed by atoms with E-state index in [1.54, 1.807) is 0 Å². The van der Waals surface area contributed by atoms with E-state index < -0.39 is 11.3 Å². The van der Waals surface area contributed by atoms with E-state index in [0.29, 0.717) is 13.2 Å². The first-order chi connectivity index (χ1) is 4.20. The number of nitrogens with zero attached hydrogens (tertiary/aromatic N) is 1. The third-order valence-electron chi connectivity index (χ3n) is 0.990. The second-order valence-corrected chi connectivity index (χ2v) is 2.67. The molecular weight excluding hydrogens is 144 g/mol. The molecule has 6 heteroatoms. The Morgan fingerprint density at radius 2 is 2.56 bits per heavy atom. The lowest BCUT2D eigenvalue weighted by molar-refractivity contribution is -0.0298. The monoisotopic (exact) mass is 152 g/mol. The van der Waals surface area contributed by atoms with Crippen LogP contribution in [0.1, 0.15) is 0 Å². The van der Waals surface area contributed by atoms with Gasteiger partial charge < -0.3 is 5.73 Å². The minimum Gasteiger partial charge on any atom is -0.324 e. The van der Waals surface area contributed by atoms with Gasteiger partial charge in [0.1, 0.15) is 0 Å². The first-order valence-corrected chi connectivity index (χ1v) is 3.53. The fourth-order valence-corrected chi connectivity index (χ4v) is 1.05. The third-order valence-corrected chi connectivity index (χ3v) is 1.59. The van der Waals surface area contributed by atoms with Crippen molar-refractivity contribution in [2.45, 2.75) is 6.04 Å². The summed E-state index contributed by atoms with van der Waals surface area (Å²) in [7, 11) is 0. The second-order valence-electron chi connectivity index (χ2n) is 1.80. The Morgan fingerprint density at radius 1 is 1.89 bits per heavy atom. The highest BCUT2D eigenvalue weighted by molar-refractivity contribution is 7.76. The summed E-state index contributed by atoms with van der Waals surface area (Å²) in [6.45, 7) is 0.648. The normalized spacial score (nSPS) is 32.9. The summed E-state index contributed by atoms with van der Waals surface area (Å²) in [5.74, 6) is 0. The Labute approximate surface area is 55.1 Å². The molecule has 1 aliphatic rings. The molecule has 3 N–H and O–H groups in total. The summed E-state index contributed by atoms with van der Waals surface area (Å²) in [6.07, 6.45) is 0. The number of hydrogen-bond acceptors (Lipinski definition) is 3. The van der Waals surface area contributed by atoms with Gasteiger partial charge in [-0.05, 0) is 0 Å². The maximum absolute atomic E-state index is 10.2. The van der Waals surface area contributed by atoms with E-state index in [1.807, 2.05) is 0 Å². The molecule has 0 amide bonds. The van der Waals surface area contributed by atoms with Crippen LogP contribution in [0.15, 0.2) is 0 Å². The van der Waals surface area contributed by atoms with Crippen LogP contribution in [0, 0.1) is 0 Å². The van der Waals surface area contributed by atoms with E-state index in [9.17, 15) is 4.21 Å². The number of nitrogens with two attached hydrogens (primary N) is 1. The lowest BCUT2D eigenvalue weighted by Gasteiger charge is -2.04. The standard InChI is InChI=1S/C3H8N2O3S/c4-3-1-5(8-2-3)9(6)7/h3H,1-2,4H2,(H,6,7). The van der Waals surface area contributed by atoms with Crippen molar-refractivity contribution >= 4 is 11.3 Å². The predicted octanol–water partition coefficient (Wildman–Crippen LogP) is -1.30. The maximum Gasteiger partial charge on any atom is 0.259 e. The maximum atomic E-state index is 10.2. The predicted molar refractivity (Wildman–Crippen MR) is 31.4 cm³/mol. The van der Waals surface area contributed by atoms with Crippen LogP contribution in [0.3, 0.4) is 0 Å². The van der Waals surface area contributed by atoms with Gasteiger partial charge in [-0.3, -0.25) is 9.39 Å². The van der Waals surface area contributed by atoms with Crippen molar-refractivity contribution in [1.82, 2.24) is 4.47 Å². The van der Waals surface area contributed by atoms with Crippen molar-refractivity contribution in [2.75, 3.05) is 13.2 Å². The molecule has 0 aliphatic carbocycles. The molecule has 1 rings (SSSR count). The van der Waals surface area contributed by atoms with Gasteiger partial charge in [0.2, 0.25) is 0 Å². The minimum atomic E-state index is -2.03. The fraction of sp³-hybridized carbons (Fsp3) is 1.00.